The van der Waals surface area contributed by atoms with Gasteiger partial charge in [-0.25, -0.2) is 4.39 Å². The fourth-order valence-corrected chi connectivity index (χ4v) is 0.942. The molecular weight excluding hydrogens is 153 g/mol. The van der Waals surface area contributed by atoms with Crippen LogP contribution in [-0.2, 0) is 0 Å². The lowest BCUT2D eigenvalue weighted by atomic mass is 10.3. The molecule has 1 aromatic carbocycles. The third kappa shape index (κ3) is 2.00. The van der Waals surface area contributed by atoms with Crippen LogP contribution in [0.1, 0.15) is 0 Å². The minimum absolute atomic E-state index is 0.239. The number of rotatable bonds is 2. The summed E-state index contributed by atoms with van der Waals surface area (Å²) in [5.74, 6) is 2.25. The Balaban J connectivity index is 2.82. The van der Waals surface area contributed by atoms with Crippen LogP contribution in [0, 0.1) is 18.2 Å². The number of nitrogens with zero attached hydrogens (tertiary/aromatic N) is 1. The number of hydrogen-bond acceptors (Lipinski definition) is 1. The lowest BCUT2D eigenvalue weighted by Crippen LogP contribution is -2.16. The molecule has 0 N–H and O–H groups in total. The van der Waals surface area contributed by atoms with Gasteiger partial charge in [0.1, 0.15) is 5.82 Å². The Morgan fingerprint density at radius 3 is 2.92 bits per heavy atom. The van der Waals surface area contributed by atoms with E-state index in [0.717, 1.165) is 5.69 Å². The summed E-state index contributed by atoms with van der Waals surface area (Å²) in [6.45, 7) is 0.490. The maximum atomic E-state index is 12.7. The van der Waals surface area contributed by atoms with E-state index >= 15 is 0 Å². The highest BCUT2D eigenvalue weighted by Crippen LogP contribution is 2.12. The van der Waals surface area contributed by atoms with Gasteiger partial charge in [-0.15, -0.1) is 6.42 Å². The van der Waals surface area contributed by atoms with Crippen LogP contribution >= 0.6 is 0 Å². The molecule has 0 aliphatic heterocycles. The molecular formula is C10H10FN. The van der Waals surface area contributed by atoms with Gasteiger partial charge in [-0.2, -0.15) is 0 Å². The van der Waals surface area contributed by atoms with E-state index in [1.807, 2.05) is 18.0 Å². The van der Waals surface area contributed by atoms with Gasteiger partial charge in [0, 0.05) is 12.7 Å². The topological polar surface area (TPSA) is 3.24 Å². The zero-order valence-corrected chi connectivity index (χ0v) is 6.92. The monoisotopic (exact) mass is 163 g/mol. The maximum absolute atomic E-state index is 12.7. The highest BCUT2D eigenvalue weighted by molar-refractivity contribution is 5.46. The molecule has 0 saturated carbocycles. The first-order valence-corrected chi connectivity index (χ1v) is 3.64. The molecule has 0 aliphatic carbocycles. The molecule has 0 amide bonds. The van der Waals surface area contributed by atoms with Crippen LogP contribution in [0.4, 0.5) is 10.1 Å². The molecule has 0 bridgehead atoms. The van der Waals surface area contributed by atoms with Crippen molar-refractivity contribution in [1.82, 2.24) is 0 Å². The van der Waals surface area contributed by atoms with Crippen molar-refractivity contribution in [3.8, 4) is 12.3 Å². The van der Waals surface area contributed by atoms with Crippen LogP contribution in [0.5, 0.6) is 0 Å². The Morgan fingerprint density at radius 2 is 2.33 bits per heavy atom. The van der Waals surface area contributed by atoms with Crippen LogP contribution in [0.25, 0.3) is 0 Å². The summed E-state index contributed by atoms with van der Waals surface area (Å²) in [4.78, 5) is 1.81. The molecule has 0 heterocycles. The van der Waals surface area contributed by atoms with Crippen molar-refractivity contribution >= 4 is 5.69 Å². The molecule has 0 spiro atoms. The van der Waals surface area contributed by atoms with Crippen LogP contribution in [-0.4, -0.2) is 13.6 Å². The van der Waals surface area contributed by atoms with Crippen LogP contribution < -0.4 is 4.90 Å². The standard InChI is InChI=1S/C10H10FN/c1-3-7-12(2)10-6-4-5-9(11)8-10/h1,4-6,8H,7H2,2H3. The maximum Gasteiger partial charge on any atom is 0.125 e. The predicted molar refractivity (Wildman–Crippen MR) is 48.5 cm³/mol. The van der Waals surface area contributed by atoms with Crippen molar-refractivity contribution in [2.24, 2.45) is 0 Å². The highest BCUT2D eigenvalue weighted by Gasteiger charge is 1.98. The fraction of sp³-hybridized carbons (Fsp3) is 0.200. The van der Waals surface area contributed by atoms with Gasteiger partial charge in [-0.1, -0.05) is 12.0 Å². The van der Waals surface area contributed by atoms with Gasteiger partial charge in [0.2, 0.25) is 0 Å². The molecule has 2 heteroatoms. The van der Waals surface area contributed by atoms with Crippen molar-refractivity contribution < 1.29 is 4.39 Å². The summed E-state index contributed by atoms with van der Waals surface area (Å²) in [5, 5.41) is 0. The molecule has 0 aromatic heterocycles. The SMILES string of the molecule is C#CCN(C)c1cccc(F)c1. The summed E-state index contributed by atoms with van der Waals surface area (Å²) in [7, 11) is 1.83. The largest absolute Gasteiger partial charge is 0.363 e. The second-order valence-electron chi connectivity index (χ2n) is 2.54. The van der Waals surface area contributed by atoms with Gasteiger partial charge in [0.05, 0.1) is 6.54 Å². The molecule has 0 atom stereocenters. The summed E-state index contributed by atoms with van der Waals surface area (Å²) in [5.41, 5.74) is 0.799. The lowest BCUT2D eigenvalue weighted by molar-refractivity contribution is 0.627. The first kappa shape index (κ1) is 8.61. The molecule has 0 saturated heterocycles. The Bertz CT molecular complexity index is 301. The molecule has 0 radical (unpaired) electrons. The van der Waals surface area contributed by atoms with E-state index in [-0.39, 0.29) is 5.82 Å². The average Bonchev–Trinajstić information content (AvgIpc) is 2.05. The highest BCUT2D eigenvalue weighted by atomic mass is 19.1. The summed E-state index contributed by atoms with van der Waals surface area (Å²) >= 11 is 0. The zero-order chi connectivity index (χ0) is 8.97. The lowest BCUT2D eigenvalue weighted by Gasteiger charge is -2.15. The fourth-order valence-electron chi connectivity index (χ4n) is 0.942. The van der Waals surface area contributed by atoms with Crippen LogP contribution in [0.2, 0.25) is 0 Å². The van der Waals surface area contributed by atoms with Crippen LogP contribution in [0.3, 0.4) is 0 Å². The zero-order valence-electron chi connectivity index (χ0n) is 6.92. The van der Waals surface area contributed by atoms with Gasteiger partial charge in [-0.3, -0.25) is 0 Å². The normalized spacial score (nSPS) is 9.08. The molecule has 62 valence electrons. The van der Waals surface area contributed by atoms with Gasteiger partial charge >= 0.3 is 0 Å². The second-order valence-corrected chi connectivity index (χ2v) is 2.54. The van der Waals surface area contributed by atoms with E-state index in [1.54, 1.807) is 6.07 Å². The Hall–Kier alpha value is -1.49. The van der Waals surface area contributed by atoms with Crippen molar-refractivity contribution in [2.75, 3.05) is 18.5 Å². The minimum atomic E-state index is -0.239. The number of benzene rings is 1. The molecule has 1 nitrogen and oxygen atoms in total. The van der Waals surface area contributed by atoms with E-state index in [0.29, 0.717) is 6.54 Å². The number of terminal acetylenes is 1. The Labute approximate surface area is 71.8 Å². The van der Waals surface area contributed by atoms with E-state index in [2.05, 4.69) is 5.92 Å². The van der Waals surface area contributed by atoms with E-state index in [9.17, 15) is 4.39 Å². The third-order valence-corrected chi connectivity index (χ3v) is 1.58. The predicted octanol–water partition coefficient (Wildman–Crippen LogP) is 1.90. The molecule has 0 fully saturated rings. The molecule has 1 rings (SSSR count). The number of anilines is 1. The minimum Gasteiger partial charge on any atom is -0.363 e. The second kappa shape index (κ2) is 3.77. The molecule has 0 unspecified atom stereocenters. The van der Waals surface area contributed by atoms with Crippen molar-refractivity contribution in [3.63, 3.8) is 0 Å². The van der Waals surface area contributed by atoms with Gasteiger partial charge in [0.15, 0.2) is 0 Å². The summed E-state index contributed by atoms with van der Waals surface area (Å²) < 4.78 is 12.7. The third-order valence-electron chi connectivity index (χ3n) is 1.58. The van der Waals surface area contributed by atoms with Crippen molar-refractivity contribution in [1.29, 1.82) is 0 Å². The van der Waals surface area contributed by atoms with Crippen molar-refractivity contribution in [3.05, 3.63) is 30.1 Å². The van der Waals surface area contributed by atoms with E-state index in [1.165, 1.54) is 12.1 Å². The van der Waals surface area contributed by atoms with E-state index < -0.39 is 0 Å². The Kier molecular flexibility index (Phi) is 2.71. The van der Waals surface area contributed by atoms with Crippen LogP contribution in [0.15, 0.2) is 24.3 Å². The summed E-state index contributed by atoms with van der Waals surface area (Å²) in [6, 6.07) is 6.35. The quantitative estimate of drug-likeness (QED) is 0.602. The van der Waals surface area contributed by atoms with Gasteiger partial charge < -0.3 is 4.90 Å². The van der Waals surface area contributed by atoms with E-state index in [4.69, 9.17) is 6.42 Å². The summed E-state index contributed by atoms with van der Waals surface area (Å²) in [6.07, 6.45) is 5.12. The number of hydrogen-bond donors (Lipinski definition) is 0. The smallest absolute Gasteiger partial charge is 0.125 e. The first-order chi connectivity index (χ1) is 5.74. The molecule has 0 aliphatic rings. The molecule has 12 heavy (non-hydrogen) atoms. The average molecular weight is 163 g/mol. The number of halogens is 1. The molecule has 1 aromatic rings. The first-order valence-electron chi connectivity index (χ1n) is 3.64. The Morgan fingerprint density at radius 1 is 1.58 bits per heavy atom. The van der Waals surface area contributed by atoms with Crippen molar-refractivity contribution in [2.45, 2.75) is 0 Å². The van der Waals surface area contributed by atoms with Gasteiger partial charge in [0.25, 0.3) is 0 Å². The van der Waals surface area contributed by atoms with Gasteiger partial charge in [-0.05, 0) is 18.2 Å².